The fourth-order valence-corrected chi connectivity index (χ4v) is 1.39. The Morgan fingerprint density at radius 3 is 3.08 bits per heavy atom. The Bertz CT molecular complexity index is 412. The minimum atomic E-state index is 0.572. The second kappa shape index (κ2) is 2.95. The van der Waals surface area contributed by atoms with Crippen molar-refractivity contribution in [1.82, 2.24) is 14.6 Å². The van der Waals surface area contributed by atoms with Crippen LogP contribution in [0.25, 0.3) is 5.65 Å². The zero-order valence-corrected chi connectivity index (χ0v) is 7.76. The first-order valence-electron chi connectivity index (χ1n) is 3.41. The van der Waals surface area contributed by atoms with Gasteiger partial charge in [-0.25, -0.2) is 0 Å². The van der Waals surface area contributed by atoms with Crippen LogP contribution in [0.2, 0.25) is 5.02 Å². The van der Waals surface area contributed by atoms with Crippen LogP contribution in [0.5, 0.6) is 0 Å². The third-order valence-electron chi connectivity index (χ3n) is 1.58. The lowest BCUT2D eigenvalue weighted by Gasteiger charge is -1.94. The van der Waals surface area contributed by atoms with Crippen LogP contribution in [-0.4, -0.2) is 14.6 Å². The van der Waals surface area contributed by atoms with Crippen LogP contribution in [0.3, 0.4) is 0 Å². The van der Waals surface area contributed by atoms with E-state index in [2.05, 4.69) is 22.8 Å². The van der Waals surface area contributed by atoms with Gasteiger partial charge in [0.1, 0.15) is 5.82 Å². The van der Waals surface area contributed by atoms with Gasteiger partial charge in [0.25, 0.3) is 0 Å². The van der Waals surface area contributed by atoms with Gasteiger partial charge in [-0.2, -0.15) is 12.6 Å². The van der Waals surface area contributed by atoms with Gasteiger partial charge in [-0.15, -0.1) is 10.2 Å². The van der Waals surface area contributed by atoms with Gasteiger partial charge in [0.15, 0.2) is 5.65 Å². The average Bonchev–Trinajstić information content (AvgIpc) is 2.46. The van der Waals surface area contributed by atoms with Gasteiger partial charge >= 0.3 is 0 Å². The van der Waals surface area contributed by atoms with E-state index in [4.69, 9.17) is 11.6 Å². The Morgan fingerprint density at radius 1 is 1.50 bits per heavy atom. The minimum Gasteiger partial charge on any atom is -0.286 e. The van der Waals surface area contributed by atoms with Crippen LogP contribution < -0.4 is 0 Å². The highest BCUT2D eigenvalue weighted by molar-refractivity contribution is 7.79. The fourth-order valence-electron chi connectivity index (χ4n) is 1.02. The molecule has 0 atom stereocenters. The molecule has 12 heavy (non-hydrogen) atoms. The molecule has 3 nitrogen and oxygen atoms in total. The molecule has 0 unspecified atom stereocenters. The van der Waals surface area contributed by atoms with E-state index >= 15 is 0 Å². The van der Waals surface area contributed by atoms with E-state index in [0.29, 0.717) is 10.8 Å². The number of hydrogen-bond acceptors (Lipinski definition) is 3. The van der Waals surface area contributed by atoms with E-state index in [1.807, 2.05) is 10.6 Å². The van der Waals surface area contributed by atoms with E-state index in [0.717, 1.165) is 11.5 Å². The van der Waals surface area contributed by atoms with Gasteiger partial charge in [-0.3, -0.25) is 4.40 Å². The van der Waals surface area contributed by atoms with Crippen LogP contribution in [-0.2, 0) is 5.75 Å². The molecule has 0 spiro atoms. The van der Waals surface area contributed by atoms with Crippen molar-refractivity contribution in [1.29, 1.82) is 0 Å². The molecular weight excluding hydrogens is 194 g/mol. The molecule has 5 heteroatoms. The molecule has 0 saturated heterocycles. The van der Waals surface area contributed by atoms with Crippen molar-refractivity contribution >= 4 is 29.9 Å². The lowest BCUT2D eigenvalue weighted by molar-refractivity contribution is 0.993. The number of fused-ring (bicyclic) bond motifs is 1. The van der Waals surface area contributed by atoms with E-state index < -0.39 is 0 Å². The summed E-state index contributed by atoms with van der Waals surface area (Å²) in [6.07, 6.45) is 1.84. The second-order valence-corrected chi connectivity index (χ2v) is 3.10. The van der Waals surface area contributed by atoms with Crippen molar-refractivity contribution < 1.29 is 0 Å². The first kappa shape index (κ1) is 7.89. The maximum absolute atomic E-state index is 5.77. The lowest BCUT2D eigenvalue weighted by Crippen LogP contribution is -1.89. The highest BCUT2D eigenvalue weighted by Crippen LogP contribution is 2.12. The average molecular weight is 200 g/mol. The predicted molar refractivity (Wildman–Crippen MR) is 50.7 cm³/mol. The van der Waals surface area contributed by atoms with E-state index in [1.165, 1.54) is 0 Å². The van der Waals surface area contributed by atoms with Crippen LogP contribution in [0.4, 0.5) is 0 Å². The van der Waals surface area contributed by atoms with Crippen molar-refractivity contribution in [2.75, 3.05) is 0 Å². The Labute approximate surface area is 79.8 Å². The molecular formula is C7H6ClN3S. The number of halogens is 1. The van der Waals surface area contributed by atoms with E-state index in [-0.39, 0.29) is 0 Å². The summed E-state index contributed by atoms with van der Waals surface area (Å²) >= 11 is 9.89. The first-order chi connectivity index (χ1) is 5.81. The highest BCUT2D eigenvalue weighted by Gasteiger charge is 2.02. The maximum Gasteiger partial charge on any atom is 0.162 e. The van der Waals surface area contributed by atoms with Gasteiger partial charge in [0.2, 0.25) is 0 Å². The number of hydrogen-bond donors (Lipinski definition) is 1. The summed E-state index contributed by atoms with van der Waals surface area (Å²) in [5.74, 6) is 1.40. The summed E-state index contributed by atoms with van der Waals surface area (Å²) in [6, 6.07) is 3.56. The normalized spacial score (nSPS) is 10.8. The number of thiol groups is 1. The monoisotopic (exact) mass is 199 g/mol. The lowest BCUT2D eigenvalue weighted by atomic mass is 10.5. The molecule has 0 amide bonds. The van der Waals surface area contributed by atoms with Crippen LogP contribution in [0, 0.1) is 0 Å². The first-order valence-corrected chi connectivity index (χ1v) is 4.42. The molecule has 0 aliphatic carbocycles. The molecule has 2 heterocycles. The Hall–Kier alpha value is -0.740. The zero-order chi connectivity index (χ0) is 8.55. The molecule has 0 aromatic carbocycles. The molecule has 2 rings (SSSR count). The minimum absolute atomic E-state index is 0.572. The van der Waals surface area contributed by atoms with Crippen LogP contribution in [0.15, 0.2) is 18.3 Å². The highest BCUT2D eigenvalue weighted by atomic mass is 35.5. The summed E-state index contributed by atoms with van der Waals surface area (Å²) in [5, 5.41) is 8.53. The molecule has 0 fully saturated rings. The predicted octanol–water partition coefficient (Wildman–Crippen LogP) is 1.81. The maximum atomic E-state index is 5.77. The van der Waals surface area contributed by atoms with Crippen molar-refractivity contribution in [3.8, 4) is 0 Å². The van der Waals surface area contributed by atoms with E-state index in [1.54, 1.807) is 12.1 Å². The van der Waals surface area contributed by atoms with Crippen LogP contribution >= 0.6 is 24.2 Å². The largest absolute Gasteiger partial charge is 0.286 e. The third-order valence-corrected chi connectivity index (χ3v) is 2.10. The van der Waals surface area contributed by atoms with Gasteiger partial charge < -0.3 is 0 Å². The quantitative estimate of drug-likeness (QED) is 0.711. The summed E-state index contributed by atoms with van der Waals surface area (Å²) in [6.45, 7) is 0. The topological polar surface area (TPSA) is 30.2 Å². The number of nitrogens with zero attached hydrogens (tertiary/aromatic N) is 3. The van der Waals surface area contributed by atoms with Gasteiger partial charge in [0.05, 0.1) is 5.75 Å². The standard InChI is InChI=1S/C7H6ClN3S/c8-5-1-2-11-6(3-5)9-10-7(11)4-12/h1-3,12H,4H2. The van der Waals surface area contributed by atoms with Gasteiger partial charge in [-0.1, -0.05) is 11.6 Å². The SMILES string of the molecule is SCc1nnc2cc(Cl)ccn12. The van der Waals surface area contributed by atoms with Crippen molar-refractivity contribution in [2.24, 2.45) is 0 Å². The van der Waals surface area contributed by atoms with Crippen molar-refractivity contribution in [3.05, 3.63) is 29.2 Å². The molecule has 2 aromatic heterocycles. The van der Waals surface area contributed by atoms with Gasteiger partial charge in [-0.05, 0) is 6.07 Å². The molecule has 0 radical (unpaired) electrons. The summed E-state index contributed by atoms with van der Waals surface area (Å²) in [7, 11) is 0. The second-order valence-electron chi connectivity index (χ2n) is 2.35. The third kappa shape index (κ3) is 1.17. The molecule has 0 bridgehead atoms. The summed E-state index contributed by atoms with van der Waals surface area (Å²) in [5.41, 5.74) is 0.756. The molecule has 0 aliphatic rings. The summed E-state index contributed by atoms with van der Waals surface area (Å²) < 4.78 is 1.86. The van der Waals surface area contributed by atoms with Gasteiger partial charge in [0, 0.05) is 17.3 Å². The van der Waals surface area contributed by atoms with E-state index in [9.17, 15) is 0 Å². The van der Waals surface area contributed by atoms with Crippen LogP contribution in [0.1, 0.15) is 5.82 Å². The Balaban J connectivity index is 2.73. The molecule has 2 aromatic rings. The van der Waals surface area contributed by atoms with Crippen molar-refractivity contribution in [3.63, 3.8) is 0 Å². The number of aromatic nitrogens is 3. The Morgan fingerprint density at radius 2 is 2.33 bits per heavy atom. The molecule has 62 valence electrons. The zero-order valence-electron chi connectivity index (χ0n) is 6.11. The Kier molecular flexibility index (Phi) is 1.94. The van der Waals surface area contributed by atoms with Crippen molar-refractivity contribution in [2.45, 2.75) is 5.75 Å². The smallest absolute Gasteiger partial charge is 0.162 e. The molecule has 0 aliphatic heterocycles. The number of rotatable bonds is 1. The fraction of sp³-hybridized carbons (Fsp3) is 0.143. The summed E-state index contributed by atoms with van der Waals surface area (Å²) in [4.78, 5) is 0. The number of pyridine rings is 1. The molecule has 0 saturated carbocycles. The molecule has 0 N–H and O–H groups in total.